The van der Waals surface area contributed by atoms with E-state index in [2.05, 4.69) is 25.3 Å². The molecule has 0 bridgehead atoms. The smallest absolute Gasteiger partial charge is 0.316 e. The molecule has 0 aromatic rings. The number of carbonyl (C=O) groups is 3. The van der Waals surface area contributed by atoms with Gasteiger partial charge in [-0.05, 0) is 0 Å². The molecule has 0 aliphatic heterocycles. The molecule has 18 heavy (non-hydrogen) atoms. The van der Waals surface area contributed by atoms with E-state index in [1.807, 2.05) is 0 Å². The van der Waals surface area contributed by atoms with Crippen LogP contribution in [0.2, 0.25) is 0 Å². The summed E-state index contributed by atoms with van der Waals surface area (Å²) in [5, 5.41) is 0. The van der Waals surface area contributed by atoms with Crippen molar-refractivity contribution in [2.24, 2.45) is 0 Å². The Bertz CT molecular complexity index is 274. The molecule has 0 spiro atoms. The summed E-state index contributed by atoms with van der Waals surface area (Å²) in [6.45, 7) is 1.29. The third-order valence-corrected chi connectivity index (χ3v) is 2.22. The van der Waals surface area contributed by atoms with Crippen molar-refractivity contribution in [2.45, 2.75) is 19.4 Å². The topological polar surface area (TPSA) is 78.9 Å². The first kappa shape index (κ1) is 17.1. The van der Waals surface area contributed by atoms with Crippen LogP contribution in [0.25, 0.3) is 0 Å². The number of hydrogen-bond donors (Lipinski definition) is 2. The zero-order chi connectivity index (χ0) is 14.0. The molecular formula is C10H16O6S2. The van der Waals surface area contributed by atoms with Crippen LogP contribution in [0.3, 0.4) is 0 Å². The summed E-state index contributed by atoms with van der Waals surface area (Å²) in [5.74, 6) is -1.76. The average molecular weight is 296 g/mol. The Morgan fingerprint density at radius 1 is 0.944 bits per heavy atom. The third kappa shape index (κ3) is 8.24. The van der Waals surface area contributed by atoms with Gasteiger partial charge in [0.1, 0.15) is 13.2 Å². The molecule has 0 amide bonds. The molecule has 0 saturated carbocycles. The first-order valence-corrected chi connectivity index (χ1v) is 6.52. The van der Waals surface area contributed by atoms with Gasteiger partial charge in [-0.2, -0.15) is 25.3 Å². The van der Waals surface area contributed by atoms with Gasteiger partial charge in [0.15, 0.2) is 6.10 Å². The second-order valence-electron chi connectivity index (χ2n) is 3.15. The molecule has 8 heteroatoms. The Labute approximate surface area is 116 Å². The number of thiol groups is 2. The summed E-state index contributed by atoms with van der Waals surface area (Å²) < 4.78 is 14.5. The van der Waals surface area contributed by atoms with E-state index in [9.17, 15) is 14.4 Å². The summed E-state index contributed by atoms with van der Waals surface area (Å²) in [6.07, 6.45) is -0.618. The highest BCUT2D eigenvalue weighted by molar-refractivity contribution is 7.81. The molecule has 0 rings (SSSR count). The molecule has 0 aliphatic rings. The van der Waals surface area contributed by atoms with Gasteiger partial charge in [0.25, 0.3) is 0 Å². The first-order valence-electron chi connectivity index (χ1n) is 5.25. The standard InChI is InChI=1S/C10H16O6S2/c1-2-8(11)14-3-7(16-10(13)6-18)4-15-9(12)5-17/h7,17-18H,2-6H2,1H3. The number of esters is 3. The van der Waals surface area contributed by atoms with Crippen LogP contribution in [-0.2, 0) is 28.6 Å². The summed E-state index contributed by atoms with van der Waals surface area (Å²) in [6, 6.07) is 0. The molecule has 0 N–H and O–H groups in total. The Hall–Kier alpha value is -0.890. The van der Waals surface area contributed by atoms with Gasteiger partial charge in [0.2, 0.25) is 0 Å². The SMILES string of the molecule is CCC(=O)OCC(COC(=O)CS)OC(=O)CS. The Kier molecular flexibility index (Phi) is 9.57. The molecule has 0 saturated heterocycles. The third-order valence-electron chi connectivity index (χ3n) is 1.71. The average Bonchev–Trinajstić information content (AvgIpc) is 2.40. The van der Waals surface area contributed by atoms with Crippen LogP contribution < -0.4 is 0 Å². The molecule has 0 aliphatic carbocycles. The van der Waals surface area contributed by atoms with Crippen molar-refractivity contribution in [3.8, 4) is 0 Å². The van der Waals surface area contributed by atoms with E-state index in [1.54, 1.807) is 6.92 Å². The van der Waals surface area contributed by atoms with Crippen LogP contribution in [0, 0.1) is 0 Å². The molecule has 104 valence electrons. The van der Waals surface area contributed by atoms with Crippen molar-refractivity contribution >= 4 is 43.2 Å². The van der Waals surface area contributed by atoms with E-state index in [4.69, 9.17) is 14.2 Å². The van der Waals surface area contributed by atoms with Gasteiger partial charge in [0.05, 0.1) is 11.5 Å². The summed E-state index contributed by atoms with van der Waals surface area (Å²) in [4.78, 5) is 32.9. The summed E-state index contributed by atoms with van der Waals surface area (Å²) >= 11 is 7.47. The number of hydrogen-bond acceptors (Lipinski definition) is 8. The van der Waals surface area contributed by atoms with Gasteiger partial charge in [-0.25, -0.2) is 0 Å². The lowest BCUT2D eigenvalue weighted by molar-refractivity contribution is -0.164. The van der Waals surface area contributed by atoms with Crippen molar-refractivity contribution in [2.75, 3.05) is 24.7 Å². The lowest BCUT2D eigenvalue weighted by Crippen LogP contribution is -2.31. The normalized spacial score (nSPS) is 11.5. The minimum absolute atomic E-state index is 0.0814. The highest BCUT2D eigenvalue weighted by atomic mass is 32.1. The lowest BCUT2D eigenvalue weighted by Gasteiger charge is -2.17. The largest absolute Gasteiger partial charge is 0.462 e. The zero-order valence-electron chi connectivity index (χ0n) is 9.96. The van der Waals surface area contributed by atoms with E-state index in [1.165, 1.54) is 0 Å². The number of ether oxygens (including phenoxy) is 3. The zero-order valence-corrected chi connectivity index (χ0v) is 11.7. The predicted octanol–water partition coefficient (Wildman–Crippen LogP) is 0.254. The highest BCUT2D eigenvalue weighted by Gasteiger charge is 2.18. The van der Waals surface area contributed by atoms with Crippen LogP contribution in [0.15, 0.2) is 0 Å². The van der Waals surface area contributed by atoms with Crippen molar-refractivity contribution in [3.63, 3.8) is 0 Å². The van der Waals surface area contributed by atoms with Gasteiger partial charge in [0, 0.05) is 6.42 Å². The van der Waals surface area contributed by atoms with Gasteiger partial charge >= 0.3 is 17.9 Å². The maximum atomic E-state index is 11.1. The van der Waals surface area contributed by atoms with Crippen molar-refractivity contribution in [1.29, 1.82) is 0 Å². The van der Waals surface area contributed by atoms with Crippen LogP contribution >= 0.6 is 25.3 Å². The Morgan fingerprint density at radius 3 is 1.89 bits per heavy atom. The highest BCUT2D eigenvalue weighted by Crippen LogP contribution is 2.00. The summed E-state index contributed by atoms with van der Waals surface area (Å²) in [7, 11) is 0. The van der Waals surface area contributed by atoms with Crippen molar-refractivity contribution in [3.05, 3.63) is 0 Å². The second kappa shape index (κ2) is 10.1. The lowest BCUT2D eigenvalue weighted by atomic mass is 10.4. The molecular weight excluding hydrogens is 280 g/mol. The molecule has 1 unspecified atom stereocenters. The van der Waals surface area contributed by atoms with Crippen LogP contribution in [0.4, 0.5) is 0 Å². The van der Waals surface area contributed by atoms with E-state index in [0.717, 1.165) is 0 Å². The predicted molar refractivity (Wildman–Crippen MR) is 69.8 cm³/mol. The van der Waals surface area contributed by atoms with Gasteiger partial charge in [-0.3, -0.25) is 14.4 Å². The van der Waals surface area contributed by atoms with Gasteiger partial charge < -0.3 is 14.2 Å². The van der Waals surface area contributed by atoms with Gasteiger partial charge in [-0.1, -0.05) is 6.92 Å². The maximum absolute atomic E-state index is 11.1. The van der Waals surface area contributed by atoms with E-state index in [-0.39, 0.29) is 31.1 Å². The van der Waals surface area contributed by atoms with Gasteiger partial charge in [-0.15, -0.1) is 0 Å². The fourth-order valence-electron chi connectivity index (χ4n) is 0.859. The Morgan fingerprint density at radius 2 is 1.44 bits per heavy atom. The van der Waals surface area contributed by atoms with Crippen LogP contribution in [0.5, 0.6) is 0 Å². The van der Waals surface area contributed by atoms with Crippen molar-refractivity contribution < 1.29 is 28.6 Å². The minimum atomic E-state index is -0.830. The van der Waals surface area contributed by atoms with Crippen LogP contribution in [0.1, 0.15) is 13.3 Å². The fraction of sp³-hybridized carbons (Fsp3) is 0.700. The van der Waals surface area contributed by atoms with E-state index >= 15 is 0 Å². The molecule has 0 radical (unpaired) electrons. The van der Waals surface area contributed by atoms with E-state index in [0.29, 0.717) is 0 Å². The quantitative estimate of drug-likeness (QED) is 0.380. The first-order chi connectivity index (χ1) is 8.53. The molecule has 0 aromatic heterocycles. The molecule has 1 atom stereocenters. The second-order valence-corrected chi connectivity index (χ2v) is 3.78. The summed E-state index contributed by atoms with van der Waals surface area (Å²) in [5.41, 5.74) is 0. The molecule has 6 nitrogen and oxygen atoms in total. The van der Waals surface area contributed by atoms with Crippen LogP contribution in [-0.4, -0.2) is 48.7 Å². The number of carbonyl (C=O) groups excluding carboxylic acids is 3. The minimum Gasteiger partial charge on any atom is -0.462 e. The van der Waals surface area contributed by atoms with E-state index < -0.39 is 24.0 Å². The number of rotatable bonds is 8. The molecule has 0 aromatic carbocycles. The maximum Gasteiger partial charge on any atom is 0.316 e. The monoisotopic (exact) mass is 296 g/mol. The fourth-order valence-corrected chi connectivity index (χ4v) is 1.02. The van der Waals surface area contributed by atoms with Crippen molar-refractivity contribution in [1.82, 2.24) is 0 Å². The molecule has 0 heterocycles. The molecule has 0 fully saturated rings. The Balaban J connectivity index is 4.19.